The van der Waals surface area contributed by atoms with Gasteiger partial charge in [-0.1, -0.05) is 24.3 Å². The van der Waals surface area contributed by atoms with E-state index in [1.165, 1.54) is 6.07 Å². The van der Waals surface area contributed by atoms with Crippen LogP contribution in [0.3, 0.4) is 0 Å². The fourth-order valence-corrected chi connectivity index (χ4v) is 4.18. The van der Waals surface area contributed by atoms with Crippen molar-refractivity contribution in [2.75, 3.05) is 11.1 Å². The molecule has 2 aromatic carbocycles. The first-order chi connectivity index (χ1) is 16.6. The van der Waals surface area contributed by atoms with Gasteiger partial charge in [0.05, 0.1) is 17.8 Å². The lowest BCUT2D eigenvalue weighted by molar-refractivity contribution is 0.578. The summed E-state index contributed by atoms with van der Waals surface area (Å²) in [5.41, 5.74) is 12.6. The average molecular weight is 449 g/mol. The molecule has 0 aliphatic heterocycles. The molecule has 7 nitrogen and oxygen atoms in total. The second-order valence-electron chi connectivity index (χ2n) is 8.06. The van der Waals surface area contributed by atoms with Crippen molar-refractivity contribution in [3.8, 4) is 22.4 Å². The molecular formula is C26H20FN7. The van der Waals surface area contributed by atoms with Crippen molar-refractivity contribution < 1.29 is 4.39 Å². The van der Waals surface area contributed by atoms with Gasteiger partial charge in [0.2, 0.25) is 5.95 Å². The monoisotopic (exact) mass is 449 g/mol. The number of hydrogen-bond acceptors (Lipinski definition) is 5. The molecule has 0 unspecified atom stereocenters. The van der Waals surface area contributed by atoms with Crippen LogP contribution < -0.4 is 11.1 Å². The van der Waals surface area contributed by atoms with Crippen LogP contribution >= 0.6 is 0 Å². The van der Waals surface area contributed by atoms with Gasteiger partial charge in [-0.3, -0.25) is 5.10 Å². The largest absolute Gasteiger partial charge is 0.382 e. The highest BCUT2D eigenvalue weighted by atomic mass is 19.1. The number of hydrogen-bond donors (Lipinski definition) is 4. The zero-order valence-electron chi connectivity index (χ0n) is 18.0. The Labute approximate surface area is 193 Å². The van der Waals surface area contributed by atoms with E-state index >= 15 is 0 Å². The van der Waals surface area contributed by atoms with Gasteiger partial charge in [-0.2, -0.15) is 9.49 Å². The number of nitrogens with zero attached hydrogens (tertiary/aromatic N) is 3. The van der Waals surface area contributed by atoms with Crippen LogP contribution in [0.1, 0.15) is 5.69 Å². The molecule has 0 fully saturated rings. The lowest BCUT2D eigenvalue weighted by Crippen LogP contribution is -2.03. The topological polar surface area (TPSA) is 108 Å². The van der Waals surface area contributed by atoms with E-state index in [1.54, 1.807) is 6.20 Å². The van der Waals surface area contributed by atoms with Crippen LogP contribution in [0.5, 0.6) is 0 Å². The fraction of sp³-hybridized carbons (Fsp3) is 0.0385. The first-order valence-electron chi connectivity index (χ1n) is 10.8. The Morgan fingerprint density at radius 3 is 2.68 bits per heavy atom. The van der Waals surface area contributed by atoms with Gasteiger partial charge in [0.25, 0.3) is 0 Å². The van der Waals surface area contributed by atoms with Crippen molar-refractivity contribution in [3.05, 3.63) is 90.6 Å². The third kappa shape index (κ3) is 3.61. The van der Waals surface area contributed by atoms with Gasteiger partial charge in [-0.05, 0) is 53.6 Å². The number of H-pyrrole nitrogens is 2. The van der Waals surface area contributed by atoms with Crippen LogP contribution in [-0.2, 0) is 6.54 Å². The third-order valence-corrected chi connectivity index (χ3v) is 5.84. The van der Waals surface area contributed by atoms with E-state index in [2.05, 4.69) is 30.5 Å². The standard InChI is InChI=1S/C26H20FN7/c27-24-12-16(10-18(31-24)14-30-17-4-2-1-3-5-17)23-13-20-19(8-9-29-26(20)32-23)15-6-7-22-21(11-15)25(28)34-33-22/h1-13,30H,14H2,(H,29,32)(H3,28,33,34). The Kier molecular flexibility index (Phi) is 4.69. The highest BCUT2D eigenvalue weighted by Gasteiger charge is 2.13. The summed E-state index contributed by atoms with van der Waals surface area (Å²) >= 11 is 0. The van der Waals surface area contributed by atoms with E-state index in [0.29, 0.717) is 29.3 Å². The van der Waals surface area contributed by atoms with Crippen LogP contribution in [0, 0.1) is 5.95 Å². The lowest BCUT2D eigenvalue weighted by atomic mass is 10.0. The Hall–Kier alpha value is -4.72. The maximum Gasteiger partial charge on any atom is 0.213 e. The molecule has 0 amide bonds. The van der Waals surface area contributed by atoms with Gasteiger partial charge in [-0.25, -0.2) is 9.97 Å². The van der Waals surface area contributed by atoms with Gasteiger partial charge in [-0.15, -0.1) is 0 Å². The van der Waals surface area contributed by atoms with E-state index in [0.717, 1.165) is 38.8 Å². The van der Waals surface area contributed by atoms with Crippen molar-refractivity contribution >= 4 is 33.4 Å². The smallest absolute Gasteiger partial charge is 0.213 e. The molecule has 0 saturated heterocycles. The number of nitrogens with one attached hydrogen (secondary N) is 3. The van der Waals surface area contributed by atoms with E-state index in [4.69, 9.17) is 5.73 Å². The van der Waals surface area contributed by atoms with Gasteiger partial charge in [0, 0.05) is 40.0 Å². The maximum absolute atomic E-state index is 14.4. The zero-order valence-corrected chi connectivity index (χ0v) is 18.0. The predicted octanol–water partition coefficient (Wildman–Crippen LogP) is 5.50. The molecule has 0 radical (unpaired) electrons. The van der Waals surface area contributed by atoms with Crippen LogP contribution in [0.25, 0.3) is 44.3 Å². The minimum atomic E-state index is -0.532. The van der Waals surface area contributed by atoms with Crippen molar-refractivity contribution in [2.45, 2.75) is 6.54 Å². The summed E-state index contributed by atoms with van der Waals surface area (Å²) in [5.74, 6) is -0.0732. The summed E-state index contributed by atoms with van der Waals surface area (Å²) in [6.07, 6.45) is 1.75. The van der Waals surface area contributed by atoms with Gasteiger partial charge < -0.3 is 16.0 Å². The van der Waals surface area contributed by atoms with E-state index in [1.807, 2.05) is 66.7 Å². The van der Waals surface area contributed by atoms with Gasteiger partial charge in [0.1, 0.15) is 5.65 Å². The van der Waals surface area contributed by atoms with E-state index in [9.17, 15) is 4.39 Å². The minimum Gasteiger partial charge on any atom is -0.382 e. The number of rotatable bonds is 5. The number of para-hydroxylation sites is 1. The first kappa shape index (κ1) is 19.9. The molecule has 8 heteroatoms. The molecule has 166 valence electrons. The Bertz CT molecular complexity index is 1640. The van der Waals surface area contributed by atoms with E-state index < -0.39 is 5.95 Å². The zero-order chi connectivity index (χ0) is 23.1. The molecule has 4 aromatic heterocycles. The summed E-state index contributed by atoms with van der Waals surface area (Å²) in [5, 5.41) is 12.1. The van der Waals surface area contributed by atoms with Crippen molar-refractivity contribution in [1.82, 2.24) is 25.1 Å². The van der Waals surface area contributed by atoms with Crippen LogP contribution in [0.4, 0.5) is 15.9 Å². The highest BCUT2D eigenvalue weighted by molar-refractivity contribution is 5.99. The number of aromatic amines is 2. The number of halogens is 1. The highest BCUT2D eigenvalue weighted by Crippen LogP contribution is 2.33. The molecule has 0 aliphatic rings. The SMILES string of the molecule is Nc1n[nH]c2ccc(-c3ccnc4[nH]c(-c5cc(F)nc(CNc6ccccc6)c5)cc34)cc12. The van der Waals surface area contributed by atoms with Crippen molar-refractivity contribution in [1.29, 1.82) is 0 Å². The van der Waals surface area contributed by atoms with Gasteiger partial charge in [0.15, 0.2) is 5.82 Å². The second kappa shape index (κ2) is 8.00. The second-order valence-corrected chi connectivity index (χ2v) is 8.06. The maximum atomic E-state index is 14.4. The molecule has 6 rings (SSSR count). The third-order valence-electron chi connectivity index (χ3n) is 5.84. The normalized spacial score (nSPS) is 11.3. The van der Waals surface area contributed by atoms with Crippen molar-refractivity contribution in [2.24, 2.45) is 0 Å². The van der Waals surface area contributed by atoms with Crippen LogP contribution in [0.2, 0.25) is 0 Å². The molecule has 4 heterocycles. The number of aromatic nitrogens is 5. The Morgan fingerprint density at radius 1 is 0.912 bits per heavy atom. The van der Waals surface area contributed by atoms with Crippen LogP contribution in [0.15, 0.2) is 79.0 Å². The summed E-state index contributed by atoms with van der Waals surface area (Å²) in [6, 6.07) is 23.0. The molecular weight excluding hydrogens is 429 g/mol. The summed E-state index contributed by atoms with van der Waals surface area (Å²) in [4.78, 5) is 11.9. The molecule has 5 N–H and O–H groups in total. The fourth-order valence-electron chi connectivity index (χ4n) is 4.18. The van der Waals surface area contributed by atoms with Gasteiger partial charge >= 0.3 is 0 Å². The quantitative estimate of drug-likeness (QED) is 0.260. The molecule has 6 aromatic rings. The number of nitrogens with two attached hydrogens (primary N) is 1. The summed E-state index contributed by atoms with van der Waals surface area (Å²) < 4.78 is 14.4. The summed E-state index contributed by atoms with van der Waals surface area (Å²) in [6.45, 7) is 0.407. The molecule has 0 spiro atoms. The number of anilines is 2. The number of pyridine rings is 2. The average Bonchev–Trinajstić information content (AvgIpc) is 3.46. The number of benzene rings is 2. The number of fused-ring (bicyclic) bond motifs is 2. The van der Waals surface area contributed by atoms with Crippen LogP contribution in [-0.4, -0.2) is 25.1 Å². The molecule has 0 atom stereocenters. The molecule has 0 aliphatic carbocycles. The predicted molar refractivity (Wildman–Crippen MR) is 133 cm³/mol. The first-order valence-corrected chi connectivity index (χ1v) is 10.8. The summed E-state index contributed by atoms with van der Waals surface area (Å²) in [7, 11) is 0. The molecule has 34 heavy (non-hydrogen) atoms. The minimum absolute atomic E-state index is 0.407. The van der Waals surface area contributed by atoms with E-state index in [-0.39, 0.29) is 0 Å². The Balaban J connectivity index is 1.38. The molecule has 0 saturated carbocycles. The lowest BCUT2D eigenvalue weighted by Gasteiger charge is -2.07. The van der Waals surface area contributed by atoms with Crippen molar-refractivity contribution in [3.63, 3.8) is 0 Å². The number of nitrogen functional groups attached to an aromatic ring is 1. The molecule has 0 bridgehead atoms. The Morgan fingerprint density at radius 2 is 1.79 bits per heavy atom.